The number of rotatable bonds is 5. The Balaban J connectivity index is 1.46. The molecule has 0 radical (unpaired) electrons. The molecule has 6 nitrogen and oxygen atoms in total. The number of nitrogens with one attached hydrogen (secondary N) is 1. The van der Waals surface area contributed by atoms with Gasteiger partial charge in [0, 0.05) is 36.7 Å². The minimum Gasteiger partial charge on any atom is -0.436 e. The summed E-state index contributed by atoms with van der Waals surface area (Å²) >= 11 is 0. The predicted molar refractivity (Wildman–Crippen MR) is 109 cm³/mol. The fourth-order valence-corrected chi connectivity index (χ4v) is 3.22. The van der Waals surface area contributed by atoms with E-state index in [1.165, 1.54) is 6.42 Å². The molecule has 1 fully saturated rings. The lowest BCUT2D eigenvalue weighted by molar-refractivity contribution is 0.102. The van der Waals surface area contributed by atoms with Crippen molar-refractivity contribution in [2.45, 2.75) is 19.3 Å². The zero-order valence-electron chi connectivity index (χ0n) is 15.5. The molecule has 3 aromatic rings. The van der Waals surface area contributed by atoms with Crippen LogP contribution in [0, 0.1) is 0 Å². The highest BCUT2D eigenvalue weighted by Crippen LogP contribution is 2.29. The summed E-state index contributed by atoms with van der Waals surface area (Å²) in [5, 5.41) is 2.87. The van der Waals surface area contributed by atoms with Crippen molar-refractivity contribution in [3.8, 4) is 11.6 Å². The van der Waals surface area contributed by atoms with Crippen LogP contribution < -0.4 is 15.0 Å². The summed E-state index contributed by atoms with van der Waals surface area (Å²) in [6.45, 7) is 1.93. The summed E-state index contributed by atoms with van der Waals surface area (Å²) < 4.78 is 5.97. The molecule has 1 aromatic heterocycles. The van der Waals surface area contributed by atoms with Crippen LogP contribution in [0.25, 0.3) is 0 Å². The summed E-state index contributed by atoms with van der Waals surface area (Å²) in [6.07, 6.45) is 6.88. The van der Waals surface area contributed by atoms with Crippen molar-refractivity contribution in [1.29, 1.82) is 0 Å². The summed E-state index contributed by atoms with van der Waals surface area (Å²) in [6, 6.07) is 16.4. The number of hydrogen-bond acceptors (Lipinski definition) is 5. The number of hydrogen-bond donors (Lipinski definition) is 1. The van der Waals surface area contributed by atoms with Gasteiger partial charge in [-0.2, -0.15) is 0 Å². The van der Waals surface area contributed by atoms with Crippen molar-refractivity contribution in [2.24, 2.45) is 0 Å². The lowest BCUT2D eigenvalue weighted by atomic mass is 10.1. The predicted octanol–water partition coefficient (Wildman–Crippen LogP) is 4.51. The number of amides is 1. The van der Waals surface area contributed by atoms with Gasteiger partial charge < -0.3 is 15.0 Å². The number of anilines is 2. The fraction of sp³-hybridized carbons (Fsp3) is 0.227. The molecule has 1 amide bonds. The molecule has 142 valence electrons. The Hall–Kier alpha value is -3.41. The van der Waals surface area contributed by atoms with Crippen LogP contribution in [0.1, 0.15) is 29.6 Å². The Kier molecular flexibility index (Phi) is 5.47. The van der Waals surface area contributed by atoms with Gasteiger partial charge in [0.1, 0.15) is 5.75 Å². The first kappa shape index (κ1) is 18.0. The molecule has 0 saturated carbocycles. The van der Waals surface area contributed by atoms with Crippen molar-refractivity contribution >= 4 is 17.4 Å². The van der Waals surface area contributed by atoms with Crippen molar-refractivity contribution in [3.05, 3.63) is 72.6 Å². The monoisotopic (exact) mass is 374 g/mol. The molecule has 6 heteroatoms. The Morgan fingerprint density at radius 2 is 1.61 bits per heavy atom. The number of carbonyl (C=O) groups excluding carboxylic acids is 1. The molecule has 2 heterocycles. The molecule has 2 aromatic carbocycles. The zero-order valence-corrected chi connectivity index (χ0v) is 15.5. The van der Waals surface area contributed by atoms with Crippen LogP contribution >= 0.6 is 0 Å². The zero-order chi connectivity index (χ0) is 19.2. The molecule has 1 aliphatic heterocycles. The van der Waals surface area contributed by atoms with Crippen molar-refractivity contribution < 1.29 is 9.53 Å². The molecule has 1 saturated heterocycles. The highest BCUT2D eigenvalue weighted by molar-refractivity contribution is 6.04. The summed E-state index contributed by atoms with van der Waals surface area (Å²) in [5.74, 6) is 1.72. The Morgan fingerprint density at radius 3 is 2.36 bits per heavy atom. The van der Waals surface area contributed by atoms with E-state index in [0.29, 0.717) is 17.2 Å². The molecule has 0 spiro atoms. The average molecular weight is 374 g/mol. The van der Waals surface area contributed by atoms with Crippen LogP contribution in [-0.2, 0) is 0 Å². The van der Waals surface area contributed by atoms with E-state index in [4.69, 9.17) is 4.74 Å². The maximum atomic E-state index is 12.4. The molecule has 0 aliphatic carbocycles. The highest BCUT2D eigenvalue weighted by Gasteiger charge is 2.18. The van der Waals surface area contributed by atoms with E-state index in [-0.39, 0.29) is 5.91 Å². The van der Waals surface area contributed by atoms with Crippen LogP contribution in [0.5, 0.6) is 11.6 Å². The van der Waals surface area contributed by atoms with E-state index in [1.807, 2.05) is 30.3 Å². The van der Waals surface area contributed by atoms with E-state index >= 15 is 0 Å². The van der Waals surface area contributed by atoms with Gasteiger partial charge in [0.2, 0.25) is 0 Å². The number of piperidine rings is 1. The van der Waals surface area contributed by atoms with E-state index < -0.39 is 0 Å². The maximum absolute atomic E-state index is 12.4. The first-order valence-electron chi connectivity index (χ1n) is 9.50. The Bertz CT molecular complexity index is 923. The molecule has 1 N–H and O–H groups in total. The summed E-state index contributed by atoms with van der Waals surface area (Å²) in [5.41, 5.74) is 1.32. The van der Waals surface area contributed by atoms with Crippen LogP contribution in [0.4, 0.5) is 11.5 Å². The van der Waals surface area contributed by atoms with Crippen LogP contribution in [0.3, 0.4) is 0 Å². The number of nitrogens with zero attached hydrogens (tertiary/aromatic N) is 3. The third-order valence-corrected chi connectivity index (χ3v) is 4.66. The van der Waals surface area contributed by atoms with Gasteiger partial charge in [-0.3, -0.25) is 4.79 Å². The first-order chi connectivity index (χ1) is 13.8. The molecule has 28 heavy (non-hydrogen) atoms. The normalized spacial score (nSPS) is 13.8. The summed E-state index contributed by atoms with van der Waals surface area (Å²) in [7, 11) is 0. The van der Waals surface area contributed by atoms with Gasteiger partial charge in [0.25, 0.3) is 11.8 Å². The van der Waals surface area contributed by atoms with Gasteiger partial charge in [0.15, 0.2) is 5.82 Å². The van der Waals surface area contributed by atoms with Gasteiger partial charge in [-0.25, -0.2) is 9.97 Å². The fourth-order valence-electron chi connectivity index (χ4n) is 3.22. The molecule has 4 rings (SSSR count). The third kappa shape index (κ3) is 4.28. The minimum atomic E-state index is -0.161. The highest BCUT2D eigenvalue weighted by atomic mass is 16.5. The van der Waals surface area contributed by atoms with Gasteiger partial charge in [-0.1, -0.05) is 18.2 Å². The molecular weight excluding hydrogens is 352 g/mol. The largest absolute Gasteiger partial charge is 0.436 e. The standard InChI is InChI=1S/C22H22N4O2/c27-21(25-18-7-3-1-4-8-18)17-9-11-19(12-10-17)28-22-20(23-13-14-24-22)26-15-5-2-6-16-26/h1,3-4,7-14H,2,5-6,15-16H2,(H,25,27). The molecule has 0 unspecified atom stereocenters. The van der Waals surface area contributed by atoms with Crippen LogP contribution in [0.15, 0.2) is 67.0 Å². The van der Waals surface area contributed by atoms with Gasteiger partial charge in [0.05, 0.1) is 0 Å². The van der Waals surface area contributed by atoms with Crippen LogP contribution in [0.2, 0.25) is 0 Å². The third-order valence-electron chi connectivity index (χ3n) is 4.66. The van der Waals surface area contributed by atoms with E-state index in [1.54, 1.807) is 36.7 Å². The molecule has 0 atom stereocenters. The number of carbonyl (C=O) groups is 1. The second kappa shape index (κ2) is 8.52. The van der Waals surface area contributed by atoms with E-state index in [0.717, 1.165) is 37.4 Å². The molecule has 1 aliphatic rings. The second-order valence-electron chi connectivity index (χ2n) is 6.68. The topological polar surface area (TPSA) is 67.3 Å². The average Bonchev–Trinajstić information content (AvgIpc) is 2.76. The SMILES string of the molecule is O=C(Nc1ccccc1)c1ccc(Oc2nccnc2N2CCCCC2)cc1. The number of aromatic nitrogens is 2. The quantitative estimate of drug-likeness (QED) is 0.712. The van der Waals surface area contributed by atoms with Gasteiger partial charge in [-0.15, -0.1) is 0 Å². The van der Waals surface area contributed by atoms with Gasteiger partial charge >= 0.3 is 0 Å². The first-order valence-corrected chi connectivity index (χ1v) is 9.50. The lowest BCUT2D eigenvalue weighted by Gasteiger charge is -2.28. The Labute approximate surface area is 164 Å². The maximum Gasteiger partial charge on any atom is 0.263 e. The molecular formula is C22H22N4O2. The second-order valence-corrected chi connectivity index (χ2v) is 6.68. The Morgan fingerprint density at radius 1 is 0.893 bits per heavy atom. The van der Waals surface area contributed by atoms with Crippen molar-refractivity contribution in [1.82, 2.24) is 9.97 Å². The number of ether oxygens (including phenoxy) is 1. The van der Waals surface area contributed by atoms with Crippen molar-refractivity contribution in [2.75, 3.05) is 23.3 Å². The minimum absolute atomic E-state index is 0.161. The molecule has 0 bridgehead atoms. The smallest absolute Gasteiger partial charge is 0.263 e. The van der Waals surface area contributed by atoms with Gasteiger partial charge in [-0.05, 0) is 55.7 Å². The van der Waals surface area contributed by atoms with Crippen molar-refractivity contribution in [3.63, 3.8) is 0 Å². The summed E-state index contributed by atoms with van der Waals surface area (Å²) in [4.78, 5) is 23.4. The van der Waals surface area contributed by atoms with E-state index in [9.17, 15) is 4.79 Å². The number of para-hydroxylation sites is 1. The number of benzene rings is 2. The van der Waals surface area contributed by atoms with E-state index in [2.05, 4.69) is 20.2 Å². The lowest BCUT2D eigenvalue weighted by Crippen LogP contribution is -2.30. The van der Waals surface area contributed by atoms with Crippen LogP contribution in [-0.4, -0.2) is 29.0 Å².